The number of anilines is 2. The molecule has 6 heteroatoms. The zero-order chi connectivity index (χ0) is 19.8. The van der Waals surface area contributed by atoms with Crippen LogP contribution in [0.25, 0.3) is 0 Å². The van der Waals surface area contributed by atoms with Gasteiger partial charge in [-0.05, 0) is 63.1 Å². The van der Waals surface area contributed by atoms with Crippen LogP contribution < -0.4 is 15.5 Å². The van der Waals surface area contributed by atoms with Crippen LogP contribution in [0, 0.1) is 6.92 Å². The summed E-state index contributed by atoms with van der Waals surface area (Å²) < 4.78 is 0. The van der Waals surface area contributed by atoms with Crippen LogP contribution in [0.4, 0.5) is 11.4 Å². The Labute approximate surface area is 161 Å². The molecule has 0 aliphatic carbocycles. The van der Waals surface area contributed by atoms with Crippen molar-refractivity contribution in [2.75, 3.05) is 29.9 Å². The van der Waals surface area contributed by atoms with Gasteiger partial charge in [0.1, 0.15) is 11.4 Å². The first kappa shape index (κ1) is 20.4. The molecule has 0 radical (unpaired) electrons. The molecule has 0 aliphatic heterocycles. The van der Waals surface area contributed by atoms with E-state index in [1.54, 1.807) is 18.2 Å². The fourth-order valence-electron chi connectivity index (χ4n) is 2.78. The van der Waals surface area contributed by atoms with Crippen molar-refractivity contribution in [3.63, 3.8) is 0 Å². The first-order chi connectivity index (χ1) is 13.0. The van der Waals surface area contributed by atoms with E-state index in [-0.39, 0.29) is 23.2 Å². The molecule has 0 fully saturated rings. The number of nitrogens with zero attached hydrogens (tertiary/aromatic N) is 2. The average Bonchev–Trinajstić information content (AvgIpc) is 2.69. The lowest BCUT2D eigenvalue weighted by Crippen LogP contribution is -2.26. The van der Waals surface area contributed by atoms with Crippen molar-refractivity contribution < 1.29 is 9.59 Å². The fourth-order valence-corrected chi connectivity index (χ4v) is 2.78. The second-order valence-corrected chi connectivity index (χ2v) is 6.29. The van der Waals surface area contributed by atoms with E-state index >= 15 is 0 Å². The maximum Gasteiger partial charge on any atom is 0.274 e. The number of rotatable bonds is 8. The van der Waals surface area contributed by atoms with Crippen LogP contribution in [-0.2, 0) is 0 Å². The number of carbonyl (C=O) groups excluding carboxylic acids is 2. The standard InChI is InChI=1S/C21H28N4O2/c1-5-13-22-20(26)18-9-8-10-19(23-18)21(27)24-17-12-11-16(14-15(17)4)25(6-2)7-3/h8-12,14H,5-7,13H2,1-4H3,(H,22,26)(H,24,27). The smallest absolute Gasteiger partial charge is 0.274 e. The molecule has 27 heavy (non-hydrogen) atoms. The van der Waals surface area contributed by atoms with Gasteiger partial charge < -0.3 is 15.5 Å². The first-order valence-corrected chi connectivity index (χ1v) is 9.42. The van der Waals surface area contributed by atoms with Crippen LogP contribution in [0.5, 0.6) is 0 Å². The molecular formula is C21H28N4O2. The highest BCUT2D eigenvalue weighted by molar-refractivity contribution is 6.04. The highest BCUT2D eigenvalue weighted by atomic mass is 16.2. The van der Waals surface area contributed by atoms with Gasteiger partial charge in [0.05, 0.1) is 0 Å². The highest BCUT2D eigenvalue weighted by Gasteiger charge is 2.13. The third-order valence-electron chi connectivity index (χ3n) is 4.34. The molecule has 1 aromatic heterocycles. The van der Waals surface area contributed by atoms with Gasteiger partial charge in [-0.2, -0.15) is 0 Å². The molecule has 1 heterocycles. The number of carbonyl (C=O) groups is 2. The Hall–Kier alpha value is -2.89. The molecule has 0 spiro atoms. The fraction of sp³-hybridized carbons (Fsp3) is 0.381. The third kappa shape index (κ3) is 5.29. The summed E-state index contributed by atoms with van der Waals surface area (Å²) in [7, 11) is 0. The van der Waals surface area contributed by atoms with Crippen LogP contribution in [0.3, 0.4) is 0 Å². The lowest BCUT2D eigenvalue weighted by molar-refractivity contribution is 0.0948. The zero-order valence-electron chi connectivity index (χ0n) is 16.5. The Kier molecular flexibility index (Phi) is 7.34. The molecule has 2 rings (SSSR count). The lowest BCUT2D eigenvalue weighted by Gasteiger charge is -2.22. The molecule has 0 atom stereocenters. The van der Waals surface area contributed by atoms with E-state index < -0.39 is 0 Å². The van der Waals surface area contributed by atoms with Crippen LogP contribution in [0.2, 0.25) is 0 Å². The van der Waals surface area contributed by atoms with Crippen LogP contribution in [0.15, 0.2) is 36.4 Å². The molecule has 0 aliphatic rings. The minimum atomic E-state index is -0.334. The van der Waals surface area contributed by atoms with Gasteiger partial charge >= 0.3 is 0 Å². The molecule has 2 amide bonds. The predicted octanol–water partition coefficient (Wildman–Crippen LogP) is 3.63. The van der Waals surface area contributed by atoms with Crippen LogP contribution in [0.1, 0.15) is 53.7 Å². The first-order valence-electron chi connectivity index (χ1n) is 9.42. The normalized spacial score (nSPS) is 10.4. The van der Waals surface area contributed by atoms with E-state index in [9.17, 15) is 9.59 Å². The van der Waals surface area contributed by atoms with E-state index in [2.05, 4.69) is 40.4 Å². The predicted molar refractivity (Wildman–Crippen MR) is 110 cm³/mol. The monoisotopic (exact) mass is 368 g/mol. The lowest BCUT2D eigenvalue weighted by atomic mass is 10.1. The molecule has 2 aromatic rings. The number of nitrogens with one attached hydrogen (secondary N) is 2. The minimum Gasteiger partial charge on any atom is -0.372 e. The van der Waals surface area contributed by atoms with Crippen molar-refractivity contribution >= 4 is 23.2 Å². The number of hydrogen-bond donors (Lipinski definition) is 2. The Morgan fingerprint density at radius 1 is 1.00 bits per heavy atom. The summed E-state index contributed by atoms with van der Waals surface area (Å²) in [4.78, 5) is 31.0. The van der Waals surface area contributed by atoms with Crippen molar-refractivity contribution in [3.8, 4) is 0 Å². The Morgan fingerprint density at radius 3 is 2.26 bits per heavy atom. The van der Waals surface area contributed by atoms with E-state index in [0.717, 1.165) is 36.4 Å². The molecule has 0 saturated heterocycles. The molecular weight excluding hydrogens is 340 g/mol. The van der Waals surface area contributed by atoms with Gasteiger partial charge in [0.15, 0.2) is 0 Å². The quantitative estimate of drug-likeness (QED) is 0.746. The van der Waals surface area contributed by atoms with Gasteiger partial charge in [0.2, 0.25) is 0 Å². The van der Waals surface area contributed by atoms with Crippen molar-refractivity contribution in [1.29, 1.82) is 0 Å². The summed E-state index contributed by atoms with van der Waals surface area (Å²) in [5.74, 6) is -0.606. The van der Waals surface area contributed by atoms with Gasteiger partial charge in [-0.15, -0.1) is 0 Å². The third-order valence-corrected chi connectivity index (χ3v) is 4.34. The topological polar surface area (TPSA) is 74.3 Å². The summed E-state index contributed by atoms with van der Waals surface area (Å²) in [6.45, 7) is 10.6. The van der Waals surface area contributed by atoms with Gasteiger partial charge in [0, 0.05) is 31.0 Å². The number of aryl methyl sites for hydroxylation is 1. The maximum absolute atomic E-state index is 12.6. The number of hydrogen-bond acceptors (Lipinski definition) is 4. The van der Waals surface area contributed by atoms with E-state index in [0.29, 0.717) is 6.54 Å². The van der Waals surface area contributed by atoms with E-state index in [1.165, 1.54) is 0 Å². The summed E-state index contributed by atoms with van der Waals surface area (Å²) in [5, 5.41) is 5.65. The van der Waals surface area contributed by atoms with Crippen molar-refractivity contribution in [2.45, 2.75) is 34.1 Å². The number of pyridine rings is 1. The molecule has 0 saturated carbocycles. The molecule has 6 nitrogen and oxygen atoms in total. The Morgan fingerprint density at radius 2 is 1.67 bits per heavy atom. The van der Waals surface area contributed by atoms with Crippen molar-refractivity contribution in [1.82, 2.24) is 10.3 Å². The average molecular weight is 368 g/mol. The van der Waals surface area contributed by atoms with E-state index in [4.69, 9.17) is 0 Å². The SMILES string of the molecule is CCCNC(=O)c1cccc(C(=O)Nc2ccc(N(CC)CC)cc2C)n1. The van der Waals surface area contributed by atoms with Gasteiger partial charge in [-0.1, -0.05) is 13.0 Å². The summed E-state index contributed by atoms with van der Waals surface area (Å²) in [6, 6.07) is 10.8. The molecule has 1 aromatic carbocycles. The molecule has 0 unspecified atom stereocenters. The summed E-state index contributed by atoms with van der Waals surface area (Å²) in [6.07, 6.45) is 0.842. The van der Waals surface area contributed by atoms with Crippen LogP contribution >= 0.6 is 0 Å². The van der Waals surface area contributed by atoms with Crippen LogP contribution in [-0.4, -0.2) is 36.4 Å². The second-order valence-electron chi connectivity index (χ2n) is 6.29. The van der Waals surface area contributed by atoms with Crippen molar-refractivity contribution in [2.24, 2.45) is 0 Å². The number of amides is 2. The van der Waals surface area contributed by atoms with Crippen molar-refractivity contribution in [3.05, 3.63) is 53.3 Å². The Bertz CT molecular complexity index is 801. The van der Waals surface area contributed by atoms with Gasteiger partial charge in [-0.3, -0.25) is 9.59 Å². The molecule has 144 valence electrons. The second kappa shape index (κ2) is 9.71. The maximum atomic E-state index is 12.6. The zero-order valence-corrected chi connectivity index (χ0v) is 16.5. The highest BCUT2D eigenvalue weighted by Crippen LogP contribution is 2.23. The molecule has 0 bridgehead atoms. The van der Waals surface area contributed by atoms with E-state index in [1.807, 2.05) is 26.0 Å². The summed E-state index contributed by atoms with van der Waals surface area (Å²) >= 11 is 0. The Balaban J connectivity index is 2.14. The van der Waals surface area contributed by atoms with Gasteiger partial charge in [-0.25, -0.2) is 4.98 Å². The largest absolute Gasteiger partial charge is 0.372 e. The minimum absolute atomic E-state index is 0.214. The molecule has 2 N–H and O–H groups in total. The number of benzene rings is 1. The van der Waals surface area contributed by atoms with Gasteiger partial charge in [0.25, 0.3) is 11.8 Å². The number of aromatic nitrogens is 1. The summed E-state index contributed by atoms with van der Waals surface area (Å²) in [5.41, 5.74) is 3.29.